The third-order valence-corrected chi connectivity index (χ3v) is 4.73. The van der Waals surface area contributed by atoms with Crippen LogP contribution in [0.15, 0.2) is 30.3 Å². The Morgan fingerprint density at radius 1 is 1.38 bits per heavy atom. The standard InChI is InChI=1S/C17H23NO3/c1-12(2)15-11-21-17(9-8-14(19)10-17)18(15)16(20)13-6-4-3-5-7-13/h3-7,12,14-15,19H,8-11H2,1-2H3/t14-,15+,17-/m0/s1. The lowest BCUT2D eigenvalue weighted by Gasteiger charge is -2.37. The van der Waals surface area contributed by atoms with E-state index in [1.165, 1.54) is 0 Å². The van der Waals surface area contributed by atoms with E-state index in [0.29, 0.717) is 30.9 Å². The fourth-order valence-electron chi connectivity index (χ4n) is 3.55. The second kappa shape index (κ2) is 5.43. The Hall–Kier alpha value is -1.39. The lowest BCUT2D eigenvalue weighted by molar-refractivity contribution is -0.0718. The predicted octanol–water partition coefficient (Wildman–Crippen LogP) is 2.42. The molecule has 21 heavy (non-hydrogen) atoms. The zero-order chi connectivity index (χ0) is 15.0. The van der Waals surface area contributed by atoms with Crippen LogP contribution in [0.3, 0.4) is 0 Å². The molecule has 4 nitrogen and oxygen atoms in total. The molecule has 1 aliphatic heterocycles. The number of carbonyl (C=O) groups is 1. The van der Waals surface area contributed by atoms with Gasteiger partial charge in [-0.05, 0) is 30.9 Å². The van der Waals surface area contributed by atoms with Crippen LogP contribution < -0.4 is 0 Å². The highest BCUT2D eigenvalue weighted by molar-refractivity contribution is 5.95. The highest BCUT2D eigenvalue weighted by Gasteiger charge is 2.54. The van der Waals surface area contributed by atoms with Gasteiger partial charge in [0.05, 0.1) is 18.8 Å². The van der Waals surface area contributed by atoms with Gasteiger partial charge in [-0.25, -0.2) is 0 Å². The fourth-order valence-corrected chi connectivity index (χ4v) is 3.55. The molecule has 0 unspecified atom stereocenters. The number of nitrogens with zero attached hydrogens (tertiary/aromatic N) is 1. The molecule has 1 N–H and O–H groups in total. The van der Waals surface area contributed by atoms with Gasteiger partial charge < -0.3 is 14.7 Å². The maximum Gasteiger partial charge on any atom is 0.256 e. The smallest absolute Gasteiger partial charge is 0.256 e. The molecule has 1 spiro atoms. The average Bonchev–Trinajstić information content (AvgIpc) is 3.03. The minimum atomic E-state index is -0.610. The first-order valence-corrected chi connectivity index (χ1v) is 7.74. The van der Waals surface area contributed by atoms with Crippen molar-refractivity contribution in [2.24, 2.45) is 5.92 Å². The third kappa shape index (κ3) is 2.47. The van der Waals surface area contributed by atoms with Crippen LogP contribution in [0, 0.1) is 5.92 Å². The summed E-state index contributed by atoms with van der Waals surface area (Å²) in [5, 5.41) is 9.93. The Labute approximate surface area is 125 Å². The zero-order valence-electron chi connectivity index (χ0n) is 12.7. The maximum absolute atomic E-state index is 13.0. The van der Waals surface area contributed by atoms with Crippen molar-refractivity contribution >= 4 is 5.91 Å². The van der Waals surface area contributed by atoms with E-state index in [4.69, 9.17) is 4.74 Å². The van der Waals surface area contributed by atoms with Gasteiger partial charge in [0.25, 0.3) is 5.91 Å². The summed E-state index contributed by atoms with van der Waals surface area (Å²) < 4.78 is 6.05. The molecule has 0 bridgehead atoms. The molecule has 2 aliphatic rings. The normalized spacial score (nSPS) is 32.3. The SMILES string of the molecule is CC(C)[C@H]1CO[C@]2(CC[C@H](O)C2)N1C(=O)c1ccccc1. The number of benzene rings is 1. The number of carbonyl (C=O) groups excluding carboxylic acids is 1. The largest absolute Gasteiger partial charge is 0.393 e. The Bertz CT molecular complexity index is 516. The lowest BCUT2D eigenvalue weighted by atomic mass is 9.99. The highest BCUT2D eigenvalue weighted by atomic mass is 16.5. The molecular formula is C17H23NO3. The van der Waals surface area contributed by atoms with Crippen LogP contribution in [0.25, 0.3) is 0 Å². The number of hydrogen-bond acceptors (Lipinski definition) is 3. The molecule has 1 saturated heterocycles. The molecule has 1 saturated carbocycles. The number of ether oxygens (including phenoxy) is 1. The van der Waals surface area contributed by atoms with Gasteiger partial charge in [-0.15, -0.1) is 0 Å². The van der Waals surface area contributed by atoms with E-state index in [1.807, 2.05) is 35.2 Å². The van der Waals surface area contributed by atoms with Gasteiger partial charge in [0, 0.05) is 12.0 Å². The zero-order valence-corrected chi connectivity index (χ0v) is 12.7. The van der Waals surface area contributed by atoms with Crippen molar-refractivity contribution in [3.8, 4) is 0 Å². The van der Waals surface area contributed by atoms with Crippen LogP contribution in [0.2, 0.25) is 0 Å². The minimum Gasteiger partial charge on any atom is -0.393 e. The van der Waals surface area contributed by atoms with Gasteiger partial charge >= 0.3 is 0 Å². The monoisotopic (exact) mass is 289 g/mol. The van der Waals surface area contributed by atoms with Crippen LogP contribution in [0.4, 0.5) is 0 Å². The number of aliphatic hydroxyl groups is 1. The van der Waals surface area contributed by atoms with Crippen LogP contribution in [-0.2, 0) is 4.74 Å². The van der Waals surface area contributed by atoms with Crippen molar-refractivity contribution < 1.29 is 14.6 Å². The first-order valence-electron chi connectivity index (χ1n) is 7.74. The van der Waals surface area contributed by atoms with Crippen molar-refractivity contribution in [2.45, 2.75) is 51.0 Å². The van der Waals surface area contributed by atoms with Gasteiger partial charge in [0.2, 0.25) is 0 Å². The molecule has 114 valence electrons. The molecule has 1 amide bonds. The van der Waals surface area contributed by atoms with Gasteiger partial charge in [-0.1, -0.05) is 32.0 Å². The van der Waals surface area contributed by atoms with Gasteiger partial charge in [0.1, 0.15) is 5.72 Å². The summed E-state index contributed by atoms with van der Waals surface area (Å²) in [5.74, 6) is 0.343. The maximum atomic E-state index is 13.0. The van der Waals surface area contributed by atoms with E-state index in [1.54, 1.807) is 0 Å². The summed E-state index contributed by atoms with van der Waals surface area (Å²) in [4.78, 5) is 14.9. The second-order valence-electron chi connectivity index (χ2n) is 6.51. The van der Waals surface area contributed by atoms with Crippen LogP contribution >= 0.6 is 0 Å². The summed E-state index contributed by atoms with van der Waals surface area (Å²) >= 11 is 0. The third-order valence-electron chi connectivity index (χ3n) is 4.73. The molecule has 2 fully saturated rings. The molecule has 3 atom stereocenters. The summed E-state index contributed by atoms with van der Waals surface area (Å²) in [5.41, 5.74) is 0.0794. The molecule has 1 aromatic rings. The Morgan fingerprint density at radius 3 is 2.67 bits per heavy atom. The topological polar surface area (TPSA) is 49.8 Å². The summed E-state index contributed by atoms with van der Waals surface area (Å²) in [6, 6.07) is 9.43. The fraction of sp³-hybridized carbons (Fsp3) is 0.588. The number of rotatable bonds is 2. The Morgan fingerprint density at radius 2 is 2.10 bits per heavy atom. The molecule has 4 heteroatoms. The Kier molecular flexibility index (Phi) is 3.76. The Balaban J connectivity index is 1.95. The van der Waals surface area contributed by atoms with Crippen molar-refractivity contribution in [1.82, 2.24) is 4.90 Å². The van der Waals surface area contributed by atoms with Crippen LogP contribution in [-0.4, -0.2) is 40.4 Å². The minimum absolute atomic E-state index is 0.0147. The van der Waals surface area contributed by atoms with Crippen molar-refractivity contribution in [3.05, 3.63) is 35.9 Å². The molecule has 3 rings (SSSR count). The number of hydrogen-bond donors (Lipinski definition) is 1. The van der Waals surface area contributed by atoms with E-state index in [9.17, 15) is 9.90 Å². The predicted molar refractivity (Wildman–Crippen MR) is 79.8 cm³/mol. The van der Waals surface area contributed by atoms with E-state index in [2.05, 4.69) is 13.8 Å². The van der Waals surface area contributed by atoms with Gasteiger partial charge in [-0.2, -0.15) is 0 Å². The highest BCUT2D eigenvalue weighted by Crippen LogP contribution is 2.44. The summed E-state index contributed by atoms with van der Waals surface area (Å²) in [6.07, 6.45) is 1.57. The number of amides is 1. The molecule has 0 radical (unpaired) electrons. The van der Waals surface area contributed by atoms with Gasteiger partial charge in [0.15, 0.2) is 0 Å². The first kappa shape index (κ1) is 14.5. The number of aliphatic hydroxyl groups excluding tert-OH is 1. The average molecular weight is 289 g/mol. The summed E-state index contributed by atoms with van der Waals surface area (Å²) in [7, 11) is 0. The first-order chi connectivity index (χ1) is 10.0. The van der Waals surface area contributed by atoms with E-state index >= 15 is 0 Å². The van der Waals surface area contributed by atoms with E-state index in [0.717, 1.165) is 6.42 Å². The lowest BCUT2D eigenvalue weighted by Crippen LogP contribution is -2.51. The molecular weight excluding hydrogens is 266 g/mol. The quantitative estimate of drug-likeness (QED) is 0.909. The van der Waals surface area contributed by atoms with Crippen LogP contribution in [0.5, 0.6) is 0 Å². The van der Waals surface area contributed by atoms with Crippen LogP contribution in [0.1, 0.15) is 43.5 Å². The van der Waals surface area contributed by atoms with E-state index in [-0.39, 0.29) is 18.1 Å². The van der Waals surface area contributed by atoms with Gasteiger partial charge in [-0.3, -0.25) is 4.79 Å². The molecule has 1 heterocycles. The second-order valence-corrected chi connectivity index (χ2v) is 6.51. The van der Waals surface area contributed by atoms with Crippen molar-refractivity contribution in [2.75, 3.05) is 6.61 Å². The van der Waals surface area contributed by atoms with E-state index < -0.39 is 5.72 Å². The summed E-state index contributed by atoms with van der Waals surface area (Å²) in [6.45, 7) is 4.79. The molecule has 1 aliphatic carbocycles. The van der Waals surface area contributed by atoms with Crippen molar-refractivity contribution in [1.29, 1.82) is 0 Å². The molecule has 1 aromatic carbocycles. The molecule has 0 aromatic heterocycles. The van der Waals surface area contributed by atoms with Crippen molar-refractivity contribution in [3.63, 3.8) is 0 Å².